The fraction of sp³-hybridized carbons (Fsp3) is 0.350. The topological polar surface area (TPSA) is 52.6 Å². The molecule has 0 fully saturated rings. The van der Waals surface area contributed by atoms with Crippen molar-refractivity contribution >= 4 is 11.9 Å². The zero-order chi connectivity index (χ0) is 31.1. The standard InChI is InChI=1S/C40H42O4/c1-23(2)33-27-19-13-14-20-28(27)34(24(3)4)30-22-32-31(21-29(30)33)35(25-15-9-7-10-16-25)37(39(41)43-5)38(40(42)44-6)36(32)26-17-11-8-12-18-26/h7-12,15-18,23-24H,13-14,19-22H2,1-6H3. The van der Waals surface area contributed by atoms with E-state index in [9.17, 15) is 9.59 Å². The highest BCUT2D eigenvalue weighted by atomic mass is 16.5. The number of rotatable bonds is 6. The molecule has 4 heteroatoms. The number of benzene rings is 4. The van der Waals surface area contributed by atoms with Crippen molar-refractivity contribution in [2.75, 3.05) is 14.2 Å². The molecule has 0 heterocycles. The van der Waals surface area contributed by atoms with Crippen molar-refractivity contribution in [2.24, 2.45) is 0 Å². The van der Waals surface area contributed by atoms with Gasteiger partial charge in [0.15, 0.2) is 0 Å². The minimum absolute atomic E-state index is 0.278. The molecule has 226 valence electrons. The van der Waals surface area contributed by atoms with Crippen LogP contribution in [0.25, 0.3) is 22.3 Å². The van der Waals surface area contributed by atoms with Crippen LogP contribution in [-0.4, -0.2) is 26.2 Å². The van der Waals surface area contributed by atoms with Gasteiger partial charge in [-0.05, 0) is 106 Å². The van der Waals surface area contributed by atoms with Crippen molar-refractivity contribution in [1.29, 1.82) is 0 Å². The number of ether oxygens (including phenoxy) is 2. The van der Waals surface area contributed by atoms with Crippen LogP contribution in [-0.2, 0) is 35.2 Å². The second-order valence-electron chi connectivity index (χ2n) is 12.8. The maximum atomic E-state index is 13.8. The van der Waals surface area contributed by atoms with Crippen LogP contribution in [0, 0.1) is 0 Å². The zero-order valence-electron chi connectivity index (χ0n) is 26.8. The predicted octanol–water partition coefficient (Wildman–Crippen LogP) is 9.21. The van der Waals surface area contributed by atoms with Crippen LogP contribution in [0.15, 0.2) is 60.7 Å². The van der Waals surface area contributed by atoms with Crippen LogP contribution in [0.5, 0.6) is 0 Å². The lowest BCUT2D eigenvalue weighted by molar-refractivity contribution is 0.0556. The van der Waals surface area contributed by atoms with Crippen LogP contribution in [0.4, 0.5) is 0 Å². The molecule has 4 nitrogen and oxygen atoms in total. The number of carbonyl (C=O) groups excluding carboxylic acids is 2. The molecule has 4 aromatic carbocycles. The summed E-state index contributed by atoms with van der Waals surface area (Å²) in [7, 11) is 2.76. The quantitative estimate of drug-likeness (QED) is 0.186. The molecule has 0 atom stereocenters. The summed E-state index contributed by atoms with van der Waals surface area (Å²) in [5.74, 6) is -0.317. The lowest BCUT2D eigenvalue weighted by Crippen LogP contribution is -2.25. The summed E-state index contributed by atoms with van der Waals surface area (Å²) >= 11 is 0. The molecule has 0 amide bonds. The van der Waals surface area contributed by atoms with Crippen LogP contribution in [0.3, 0.4) is 0 Å². The Kier molecular flexibility index (Phi) is 8.20. The first-order chi connectivity index (χ1) is 21.3. The van der Waals surface area contributed by atoms with E-state index < -0.39 is 11.9 Å². The van der Waals surface area contributed by atoms with E-state index in [1.165, 1.54) is 49.3 Å². The van der Waals surface area contributed by atoms with Crippen molar-refractivity contribution < 1.29 is 19.1 Å². The monoisotopic (exact) mass is 586 g/mol. The van der Waals surface area contributed by atoms with Gasteiger partial charge in [-0.2, -0.15) is 0 Å². The highest BCUT2D eigenvalue weighted by Crippen LogP contribution is 2.50. The molecule has 0 bridgehead atoms. The number of esters is 2. The Labute approximate surface area is 261 Å². The highest BCUT2D eigenvalue weighted by molar-refractivity contribution is 6.13. The van der Waals surface area contributed by atoms with Crippen molar-refractivity contribution in [2.45, 2.75) is 78.1 Å². The van der Waals surface area contributed by atoms with Gasteiger partial charge in [0.25, 0.3) is 0 Å². The summed E-state index contributed by atoms with van der Waals surface area (Å²) in [5, 5.41) is 0. The Hall–Kier alpha value is -4.18. The SMILES string of the molecule is COC(=O)c1c(C(=O)OC)c(-c2ccccc2)c2c(c1-c1ccccc1)Cc1c(c(C(C)C)c3c(c1C(C)C)CCCC3)C2. The molecule has 0 aromatic heterocycles. The van der Waals surface area contributed by atoms with Gasteiger partial charge in [-0.1, -0.05) is 88.4 Å². The Morgan fingerprint density at radius 3 is 1.23 bits per heavy atom. The zero-order valence-corrected chi connectivity index (χ0v) is 26.8. The Balaban J connectivity index is 1.81. The Bertz CT molecular complexity index is 1620. The van der Waals surface area contributed by atoms with Gasteiger partial charge < -0.3 is 9.47 Å². The molecule has 0 N–H and O–H groups in total. The molecule has 2 aliphatic carbocycles. The third-order valence-corrected chi connectivity index (χ3v) is 9.62. The van der Waals surface area contributed by atoms with Gasteiger partial charge in [0.2, 0.25) is 0 Å². The maximum Gasteiger partial charge on any atom is 0.339 e. The number of carbonyl (C=O) groups is 2. The van der Waals surface area contributed by atoms with Crippen molar-refractivity contribution in [1.82, 2.24) is 0 Å². The molecule has 0 saturated carbocycles. The van der Waals surface area contributed by atoms with Gasteiger partial charge in [0, 0.05) is 11.1 Å². The first-order valence-corrected chi connectivity index (χ1v) is 16.0. The Morgan fingerprint density at radius 2 is 0.909 bits per heavy atom. The second-order valence-corrected chi connectivity index (χ2v) is 12.8. The first kappa shape index (κ1) is 29.9. The van der Waals surface area contributed by atoms with E-state index in [1.807, 2.05) is 60.7 Å². The third-order valence-electron chi connectivity index (χ3n) is 9.62. The van der Waals surface area contributed by atoms with E-state index in [0.717, 1.165) is 46.2 Å². The van der Waals surface area contributed by atoms with E-state index in [2.05, 4.69) is 27.7 Å². The molecule has 6 rings (SSSR count). The lowest BCUT2D eigenvalue weighted by atomic mass is 9.67. The van der Waals surface area contributed by atoms with E-state index in [-0.39, 0.29) is 11.1 Å². The van der Waals surface area contributed by atoms with Gasteiger partial charge >= 0.3 is 11.9 Å². The minimum atomic E-state index is -0.535. The smallest absolute Gasteiger partial charge is 0.339 e. The average molecular weight is 587 g/mol. The third kappa shape index (κ3) is 4.85. The molecule has 0 radical (unpaired) electrons. The van der Waals surface area contributed by atoms with Gasteiger partial charge in [-0.25, -0.2) is 9.59 Å². The fourth-order valence-corrected chi connectivity index (χ4v) is 8.04. The molecular formula is C40H42O4. The van der Waals surface area contributed by atoms with E-state index >= 15 is 0 Å². The van der Waals surface area contributed by atoms with Crippen molar-refractivity contribution in [3.8, 4) is 22.3 Å². The van der Waals surface area contributed by atoms with Gasteiger partial charge in [0.1, 0.15) is 0 Å². The number of hydrogen-bond acceptors (Lipinski definition) is 4. The number of methoxy groups -OCH3 is 2. The molecule has 0 unspecified atom stereocenters. The number of hydrogen-bond donors (Lipinski definition) is 0. The molecule has 0 aliphatic heterocycles. The predicted molar refractivity (Wildman–Crippen MR) is 177 cm³/mol. The maximum absolute atomic E-state index is 13.8. The van der Waals surface area contributed by atoms with Crippen LogP contribution in [0.2, 0.25) is 0 Å². The lowest BCUT2D eigenvalue weighted by Gasteiger charge is -2.37. The first-order valence-electron chi connectivity index (χ1n) is 16.0. The highest BCUT2D eigenvalue weighted by Gasteiger charge is 2.37. The summed E-state index contributed by atoms with van der Waals surface area (Å²) in [6.07, 6.45) is 6.09. The summed E-state index contributed by atoms with van der Waals surface area (Å²) in [5.41, 5.74) is 15.0. The normalized spacial score (nSPS) is 13.7. The summed E-state index contributed by atoms with van der Waals surface area (Å²) in [6.45, 7) is 9.29. The van der Waals surface area contributed by atoms with Gasteiger partial charge in [-0.15, -0.1) is 0 Å². The fourth-order valence-electron chi connectivity index (χ4n) is 8.04. The van der Waals surface area contributed by atoms with Crippen LogP contribution < -0.4 is 0 Å². The molecule has 4 aromatic rings. The van der Waals surface area contributed by atoms with E-state index in [1.54, 1.807) is 11.1 Å². The molecular weight excluding hydrogens is 544 g/mol. The molecule has 0 spiro atoms. The summed E-state index contributed by atoms with van der Waals surface area (Å²) in [4.78, 5) is 27.7. The average Bonchev–Trinajstić information content (AvgIpc) is 3.04. The van der Waals surface area contributed by atoms with Crippen LogP contribution >= 0.6 is 0 Å². The van der Waals surface area contributed by atoms with E-state index in [0.29, 0.717) is 24.7 Å². The van der Waals surface area contributed by atoms with Gasteiger partial charge in [0.05, 0.1) is 25.3 Å². The van der Waals surface area contributed by atoms with Crippen LogP contribution in [0.1, 0.15) is 118 Å². The van der Waals surface area contributed by atoms with Gasteiger partial charge in [-0.3, -0.25) is 0 Å². The number of fused-ring (bicyclic) bond motifs is 3. The molecule has 0 saturated heterocycles. The molecule has 2 aliphatic rings. The minimum Gasteiger partial charge on any atom is -0.465 e. The second kappa shape index (κ2) is 12.1. The van der Waals surface area contributed by atoms with Crippen molar-refractivity contribution in [3.05, 3.63) is 116 Å². The largest absolute Gasteiger partial charge is 0.465 e. The molecule has 44 heavy (non-hydrogen) atoms. The summed E-state index contributed by atoms with van der Waals surface area (Å²) in [6, 6.07) is 20.0. The summed E-state index contributed by atoms with van der Waals surface area (Å²) < 4.78 is 10.9. The Morgan fingerprint density at radius 1 is 0.545 bits per heavy atom. The van der Waals surface area contributed by atoms with E-state index in [4.69, 9.17) is 9.47 Å². The van der Waals surface area contributed by atoms with Crippen molar-refractivity contribution in [3.63, 3.8) is 0 Å².